The molecule has 2 rings (SSSR count). The zero-order chi connectivity index (χ0) is 15.6. The molecule has 0 radical (unpaired) electrons. The van der Waals surface area contributed by atoms with Crippen molar-refractivity contribution in [3.05, 3.63) is 23.5 Å². The molecule has 2 N–H and O–H groups in total. The van der Waals surface area contributed by atoms with Gasteiger partial charge in [-0.15, -0.1) is 0 Å². The zero-order valence-electron chi connectivity index (χ0n) is 12.3. The largest absolute Gasteiger partial charge is 0.494 e. The Morgan fingerprint density at radius 2 is 2.14 bits per heavy atom. The van der Waals surface area contributed by atoms with Crippen molar-refractivity contribution in [1.82, 2.24) is 4.31 Å². The molecule has 1 aliphatic rings. The summed E-state index contributed by atoms with van der Waals surface area (Å²) in [4.78, 5) is -0.0128. The molecule has 0 aliphatic carbocycles. The van der Waals surface area contributed by atoms with Crippen molar-refractivity contribution >= 4 is 10.0 Å². The van der Waals surface area contributed by atoms with Gasteiger partial charge in [-0.25, -0.2) is 12.8 Å². The Hall–Kier alpha value is -1.18. The summed E-state index contributed by atoms with van der Waals surface area (Å²) in [6.07, 6.45) is 2.50. The maximum atomic E-state index is 14.1. The predicted molar refractivity (Wildman–Crippen MR) is 78.3 cm³/mol. The number of halogens is 1. The lowest BCUT2D eigenvalue weighted by Gasteiger charge is -2.34. The summed E-state index contributed by atoms with van der Waals surface area (Å²) >= 11 is 0. The van der Waals surface area contributed by atoms with Gasteiger partial charge < -0.3 is 10.5 Å². The predicted octanol–water partition coefficient (Wildman–Crippen LogP) is 1.64. The molecule has 1 aromatic rings. The van der Waals surface area contributed by atoms with Gasteiger partial charge in [-0.3, -0.25) is 0 Å². The maximum Gasteiger partial charge on any atom is 0.243 e. The van der Waals surface area contributed by atoms with E-state index < -0.39 is 15.8 Å². The first kappa shape index (κ1) is 16.2. The average molecular weight is 316 g/mol. The molecule has 1 fully saturated rings. The molecule has 1 unspecified atom stereocenters. The molecule has 1 heterocycles. The Bertz CT molecular complexity index is 619. The van der Waals surface area contributed by atoms with Crippen LogP contribution in [0.1, 0.15) is 24.8 Å². The van der Waals surface area contributed by atoms with Crippen LogP contribution < -0.4 is 10.5 Å². The van der Waals surface area contributed by atoms with Gasteiger partial charge in [0.1, 0.15) is 0 Å². The van der Waals surface area contributed by atoms with Gasteiger partial charge in [0.2, 0.25) is 10.0 Å². The van der Waals surface area contributed by atoms with E-state index in [0.29, 0.717) is 6.54 Å². The second-order valence-electron chi connectivity index (χ2n) is 5.21. The Morgan fingerprint density at radius 1 is 1.43 bits per heavy atom. The molecule has 0 spiro atoms. The van der Waals surface area contributed by atoms with Crippen LogP contribution in [-0.2, 0) is 10.0 Å². The first-order valence-electron chi connectivity index (χ1n) is 6.98. The van der Waals surface area contributed by atoms with E-state index in [1.807, 2.05) is 0 Å². The van der Waals surface area contributed by atoms with Crippen LogP contribution in [0.5, 0.6) is 5.75 Å². The van der Waals surface area contributed by atoms with Gasteiger partial charge in [-0.1, -0.05) is 6.42 Å². The molecule has 5 nitrogen and oxygen atoms in total. The lowest BCUT2D eigenvalue weighted by atomic mass is 10.1. The fourth-order valence-electron chi connectivity index (χ4n) is 2.73. The van der Waals surface area contributed by atoms with Gasteiger partial charge in [0.15, 0.2) is 11.6 Å². The minimum atomic E-state index is -3.74. The molecule has 7 heteroatoms. The van der Waals surface area contributed by atoms with Gasteiger partial charge in [0.25, 0.3) is 0 Å². The molecule has 118 valence electrons. The normalized spacial score (nSPS) is 20.5. The van der Waals surface area contributed by atoms with Crippen LogP contribution in [0.4, 0.5) is 4.39 Å². The Morgan fingerprint density at radius 3 is 2.76 bits per heavy atom. The van der Waals surface area contributed by atoms with Gasteiger partial charge in [0.05, 0.1) is 12.0 Å². The minimum Gasteiger partial charge on any atom is -0.494 e. The summed E-state index contributed by atoms with van der Waals surface area (Å²) in [6.45, 7) is 2.15. The van der Waals surface area contributed by atoms with Crippen molar-refractivity contribution in [1.29, 1.82) is 0 Å². The number of hydrogen-bond donors (Lipinski definition) is 1. The first-order chi connectivity index (χ1) is 9.93. The number of rotatable bonds is 4. The topological polar surface area (TPSA) is 72.6 Å². The summed E-state index contributed by atoms with van der Waals surface area (Å²) in [5.74, 6) is -0.597. The quantitative estimate of drug-likeness (QED) is 0.916. The zero-order valence-corrected chi connectivity index (χ0v) is 13.1. The fraction of sp³-hybridized carbons (Fsp3) is 0.571. The van der Waals surface area contributed by atoms with Gasteiger partial charge >= 0.3 is 0 Å². The summed E-state index contributed by atoms with van der Waals surface area (Å²) in [7, 11) is -2.40. The highest BCUT2D eigenvalue weighted by atomic mass is 32.2. The molecular formula is C14H21FN2O3S. The van der Waals surface area contributed by atoms with Crippen molar-refractivity contribution < 1.29 is 17.5 Å². The molecule has 0 aromatic heterocycles. The Labute approximate surface area is 124 Å². The smallest absolute Gasteiger partial charge is 0.243 e. The molecule has 0 amide bonds. The van der Waals surface area contributed by atoms with E-state index >= 15 is 0 Å². The molecule has 1 atom stereocenters. The summed E-state index contributed by atoms with van der Waals surface area (Å²) in [5, 5.41) is 0. The number of piperidine rings is 1. The van der Waals surface area contributed by atoms with E-state index in [1.54, 1.807) is 0 Å². The van der Waals surface area contributed by atoms with Crippen molar-refractivity contribution in [3.63, 3.8) is 0 Å². The second kappa shape index (κ2) is 6.29. The summed E-state index contributed by atoms with van der Waals surface area (Å²) in [6, 6.07) is 2.53. The molecule has 1 aromatic carbocycles. The third-order valence-electron chi connectivity index (χ3n) is 3.95. The second-order valence-corrected chi connectivity index (χ2v) is 7.06. The van der Waals surface area contributed by atoms with Crippen molar-refractivity contribution in [2.45, 2.75) is 37.1 Å². The fourth-order valence-corrected chi connectivity index (χ4v) is 4.65. The van der Waals surface area contributed by atoms with Crippen molar-refractivity contribution in [2.24, 2.45) is 5.73 Å². The number of methoxy groups -OCH3 is 1. The Balaban J connectivity index is 2.46. The Kier molecular flexibility index (Phi) is 4.85. The first-order valence-corrected chi connectivity index (χ1v) is 8.42. The third kappa shape index (κ3) is 2.90. The number of ether oxygens (including phenoxy) is 1. The van der Waals surface area contributed by atoms with Gasteiger partial charge in [-0.05, 0) is 31.9 Å². The number of benzene rings is 1. The molecule has 21 heavy (non-hydrogen) atoms. The highest BCUT2D eigenvalue weighted by Crippen LogP contribution is 2.30. The molecule has 1 saturated heterocycles. The number of sulfonamides is 1. The maximum absolute atomic E-state index is 14.1. The monoisotopic (exact) mass is 316 g/mol. The van der Waals surface area contributed by atoms with Crippen molar-refractivity contribution in [3.8, 4) is 5.75 Å². The standard InChI is InChI=1S/C14H21FN2O3S/c1-10-13(7-6-12(20-2)14(10)15)21(18,19)17-8-4-3-5-11(17)9-16/h6-7,11H,3-5,8-9,16H2,1-2H3. The summed E-state index contributed by atoms with van der Waals surface area (Å²) in [5.41, 5.74) is 5.76. The van der Waals surface area contributed by atoms with Crippen LogP contribution in [0.25, 0.3) is 0 Å². The number of nitrogens with two attached hydrogens (primary N) is 1. The van der Waals surface area contributed by atoms with Crippen LogP contribution >= 0.6 is 0 Å². The third-order valence-corrected chi connectivity index (χ3v) is 6.05. The lowest BCUT2D eigenvalue weighted by Crippen LogP contribution is -2.47. The van der Waals surface area contributed by atoms with Crippen LogP contribution in [0.15, 0.2) is 17.0 Å². The van der Waals surface area contributed by atoms with E-state index in [2.05, 4.69) is 0 Å². The van der Waals surface area contributed by atoms with E-state index in [-0.39, 0.29) is 28.8 Å². The van der Waals surface area contributed by atoms with Gasteiger partial charge in [-0.2, -0.15) is 4.31 Å². The van der Waals surface area contributed by atoms with Crippen LogP contribution in [0, 0.1) is 12.7 Å². The highest BCUT2D eigenvalue weighted by molar-refractivity contribution is 7.89. The van der Waals surface area contributed by atoms with Crippen molar-refractivity contribution in [2.75, 3.05) is 20.2 Å². The number of nitrogens with zero attached hydrogens (tertiary/aromatic N) is 1. The minimum absolute atomic E-state index is 0.0128. The van der Waals surface area contributed by atoms with E-state index in [0.717, 1.165) is 19.3 Å². The molecule has 0 bridgehead atoms. The van der Waals surface area contributed by atoms with E-state index in [4.69, 9.17) is 10.5 Å². The van der Waals surface area contributed by atoms with E-state index in [1.165, 1.54) is 30.5 Å². The molecular weight excluding hydrogens is 295 g/mol. The molecule has 1 aliphatic heterocycles. The lowest BCUT2D eigenvalue weighted by molar-refractivity contribution is 0.257. The van der Waals surface area contributed by atoms with Crippen LogP contribution in [-0.4, -0.2) is 39.0 Å². The number of hydrogen-bond acceptors (Lipinski definition) is 4. The average Bonchev–Trinajstić information content (AvgIpc) is 2.49. The van der Waals surface area contributed by atoms with E-state index in [9.17, 15) is 12.8 Å². The molecule has 0 saturated carbocycles. The van der Waals surface area contributed by atoms with Gasteiger partial charge in [0, 0.05) is 24.7 Å². The highest BCUT2D eigenvalue weighted by Gasteiger charge is 2.34. The van der Waals surface area contributed by atoms with Crippen LogP contribution in [0.2, 0.25) is 0 Å². The summed E-state index contributed by atoms with van der Waals surface area (Å²) < 4.78 is 46.0. The van der Waals surface area contributed by atoms with Crippen LogP contribution in [0.3, 0.4) is 0 Å². The SMILES string of the molecule is COc1ccc(S(=O)(=O)N2CCCCC2CN)c(C)c1F.